The van der Waals surface area contributed by atoms with E-state index in [9.17, 15) is 9.18 Å². The molecule has 108 valence electrons. The molecular weight excluding hydrogens is 261 g/mol. The van der Waals surface area contributed by atoms with E-state index in [0.717, 1.165) is 12.1 Å². The van der Waals surface area contributed by atoms with E-state index in [1.54, 1.807) is 12.1 Å². The van der Waals surface area contributed by atoms with E-state index in [4.69, 9.17) is 10.00 Å². The average molecular weight is 279 g/mol. The number of ether oxygens (including phenoxy) is 1. The highest BCUT2D eigenvalue weighted by atomic mass is 19.1. The van der Waals surface area contributed by atoms with Crippen molar-refractivity contribution in [3.63, 3.8) is 0 Å². The third kappa shape index (κ3) is 4.86. The highest BCUT2D eigenvalue weighted by molar-refractivity contribution is 5.77. The fraction of sp³-hybridized carbons (Fsp3) is 0.429. The molecule has 5 nitrogen and oxygen atoms in total. The molecule has 1 unspecified atom stereocenters. The summed E-state index contributed by atoms with van der Waals surface area (Å²) in [6.45, 7) is 4.29. The SMILES string of the molecule is CCNC(C)c1ccc(OCC(=O)NCC#N)c(F)c1. The Balaban J connectivity index is 2.60. The summed E-state index contributed by atoms with van der Waals surface area (Å²) in [6.07, 6.45) is 0. The molecule has 1 aromatic carbocycles. The molecule has 0 fully saturated rings. The Hall–Kier alpha value is -2.13. The normalized spacial score (nSPS) is 11.5. The molecule has 1 aromatic rings. The van der Waals surface area contributed by atoms with Gasteiger partial charge in [-0.15, -0.1) is 0 Å². The van der Waals surface area contributed by atoms with Gasteiger partial charge >= 0.3 is 0 Å². The molecule has 0 spiro atoms. The molecule has 0 aliphatic carbocycles. The first-order valence-electron chi connectivity index (χ1n) is 6.37. The van der Waals surface area contributed by atoms with Gasteiger partial charge in [0, 0.05) is 6.04 Å². The van der Waals surface area contributed by atoms with Crippen LogP contribution in [0.1, 0.15) is 25.5 Å². The lowest BCUT2D eigenvalue weighted by Crippen LogP contribution is -2.29. The molecule has 1 atom stereocenters. The van der Waals surface area contributed by atoms with Gasteiger partial charge in [-0.1, -0.05) is 13.0 Å². The van der Waals surface area contributed by atoms with Crippen molar-refractivity contribution in [2.75, 3.05) is 19.7 Å². The quantitative estimate of drug-likeness (QED) is 0.742. The van der Waals surface area contributed by atoms with Crippen molar-refractivity contribution in [2.24, 2.45) is 0 Å². The number of carbonyl (C=O) groups excluding carboxylic acids is 1. The van der Waals surface area contributed by atoms with Crippen LogP contribution < -0.4 is 15.4 Å². The first kappa shape index (κ1) is 15.9. The van der Waals surface area contributed by atoms with Crippen LogP contribution in [-0.4, -0.2) is 25.6 Å². The third-order valence-corrected chi connectivity index (χ3v) is 2.69. The molecule has 0 aromatic heterocycles. The Morgan fingerprint density at radius 2 is 2.30 bits per heavy atom. The van der Waals surface area contributed by atoms with E-state index in [-0.39, 0.29) is 24.9 Å². The fourth-order valence-corrected chi connectivity index (χ4v) is 1.66. The summed E-state index contributed by atoms with van der Waals surface area (Å²) in [4.78, 5) is 11.2. The van der Waals surface area contributed by atoms with Crippen LogP contribution in [-0.2, 0) is 4.79 Å². The van der Waals surface area contributed by atoms with Crippen LogP contribution in [0.2, 0.25) is 0 Å². The van der Waals surface area contributed by atoms with Crippen LogP contribution in [0.5, 0.6) is 5.75 Å². The number of nitrogens with one attached hydrogen (secondary N) is 2. The maximum atomic E-state index is 13.8. The predicted molar refractivity (Wildman–Crippen MR) is 72.6 cm³/mol. The van der Waals surface area contributed by atoms with Crippen molar-refractivity contribution in [1.29, 1.82) is 5.26 Å². The lowest BCUT2D eigenvalue weighted by Gasteiger charge is -2.14. The number of carbonyl (C=O) groups is 1. The molecular formula is C14H18FN3O2. The molecule has 0 saturated heterocycles. The molecule has 1 amide bonds. The van der Waals surface area contributed by atoms with Gasteiger partial charge in [0.15, 0.2) is 18.2 Å². The predicted octanol–water partition coefficient (Wildman–Crippen LogP) is 1.51. The van der Waals surface area contributed by atoms with Gasteiger partial charge in [0.25, 0.3) is 5.91 Å². The Morgan fingerprint density at radius 1 is 1.55 bits per heavy atom. The molecule has 2 N–H and O–H groups in total. The van der Waals surface area contributed by atoms with E-state index >= 15 is 0 Å². The minimum atomic E-state index is -0.514. The maximum absolute atomic E-state index is 13.8. The number of benzene rings is 1. The summed E-state index contributed by atoms with van der Waals surface area (Å²) in [5.74, 6) is -0.957. The highest BCUT2D eigenvalue weighted by Crippen LogP contribution is 2.21. The number of halogens is 1. The zero-order valence-corrected chi connectivity index (χ0v) is 11.6. The number of hydrogen-bond acceptors (Lipinski definition) is 4. The topological polar surface area (TPSA) is 74.2 Å². The molecule has 0 aliphatic rings. The van der Waals surface area contributed by atoms with E-state index in [2.05, 4.69) is 10.6 Å². The largest absolute Gasteiger partial charge is 0.481 e. The van der Waals surface area contributed by atoms with Crippen LogP contribution in [0.15, 0.2) is 18.2 Å². The Morgan fingerprint density at radius 3 is 2.90 bits per heavy atom. The molecule has 1 rings (SSSR count). The highest BCUT2D eigenvalue weighted by Gasteiger charge is 2.10. The first-order valence-corrected chi connectivity index (χ1v) is 6.37. The van der Waals surface area contributed by atoms with Crippen molar-refractivity contribution in [3.05, 3.63) is 29.6 Å². The van der Waals surface area contributed by atoms with Gasteiger partial charge in [0.2, 0.25) is 0 Å². The lowest BCUT2D eigenvalue weighted by atomic mass is 10.1. The average Bonchev–Trinajstić information content (AvgIpc) is 2.43. The minimum Gasteiger partial charge on any atom is -0.481 e. The number of amides is 1. The van der Waals surface area contributed by atoms with Crippen LogP contribution in [0.4, 0.5) is 4.39 Å². The Bertz CT molecular complexity index is 500. The van der Waals surface area contributed by atoms with E-state index < -0.39 is 11.7 Å². The zero-order valence-electron chi connectivity index (χ0n) is 11.6. The van der Waals surface area contributed by atoms with Gasteiger partial charge in [-0.2, -0.15) is 5.26 Å². The van der Waals surface area contributed by atoms with Gasteiger partial charge in [0.05, 0.1) is 6.07 Å². The zero-order chi connectivity index (χ0) is 15.0. The van der Waals surface area contributed by atoms with Crippen LogP contribution >= 0.6 is 0 Å². The Labute approximate surface area is 117 Å². The van der Waals surface area contributed by atoms with Crippen molar-refractivity contribution < 1.29 is 13.9 Å². The van der Waals surface area contributed by atoms with Gasteiger partial charge in [-0.05, 0) is 31.2 Å². The van der Waals surface area contributed by atoms with E-state index in [1.807, 2.05) is 13.8 Å². The van der Waals surface area contributed by atoms with Crippen molar-refractivity contribution in [1.82, 2.24) is 10.6 Å². The minimum absolute atomic E-state index is 0.0181. The molecule has 0 heterocycles. The second-order valence-electron chi connectivity index (χ2n) is 4.19. The van der Waals surface area contributed by atoms with E-state index in [0.29, 0.717) is 0 Å². The second kappa shape index (κ2) is 8.12. The summed E-state index contributed by atoms with van der Waals surface area (Å²) in [5, 5.41) is 13.8. The van der Waals surface area contributed by atoms with Crippen molar-refractivity contribution >= 4 is 5.91 Å². The number of rotatable bonds is 7. The van der Waals surface area contributed by atoms with Crippen LogP contribution in [0.3, 0.4) is 0 Å². The van der Waals surface area contributed by atoms with Gasteiger partial charge in [-0.3, -0.25) is 4.79 Å². The Kier molecular flexibility index (Phi) is 6.47. The summed E-state index contributed by atoms with van der Waals surface area (Å²) < 4.78 is 18.9. The number of hydrogen-bond donors (Lipinski definition) is 2. The summed E-state index contributed by atoms with van der Waals surface area (Å²) in [6, 6.07) is 6.45. The summed E-state index contributed by atoms with van der Waals surface area (Å²) in [7, 11) is 0. The first-order chi connectivity index (χ1) is 9.58. The molecule has 20 heavy (non-hydrogen) atoms. The monoisotopic (exact) mass is 279 g/mol. The fourth-order valence-electron chi connectivity index (χ4n) is 1.66. The summed E-state index contributed by atoms with van der Waals surface area (Å²) in [5.41, 5.74) is 0.811. The van der Waals surface area contributed by atoms with Crippen LogP contribution in [0, 0.1) is 17.1 Å². The van der Waals surface area contributed by atoms with E-state index in [1.165, 1.54) is 12.1 Å². The molecule has 0 bridgehead atoms. The lowest BCUT2D eigenvalue weighted by molar-refractivity contribution is -0.122. The molecule has 0 aliphatic heterocycles. The van der Waals surface area contributed by atoms with Crippen LogP contribution in [0.25, 0.3) is 0 Å². The maximum Gasteiger partial charge on any atom is 0.258 e. The van der Waals surface area contributed by atoms with Crippen molar-refractivity contribution in [3.8, 4) is 11.8 Å². The standard InChI is InChI=1S/C14H18FN3O2/c1-3-17-10(2)11-4-5-13(12(15)8-11)20-9-14(19)18-7-6-16/h4-5,8,10,17H,3,7,9H2,1-2H3,(H,18,19). The van der Waals surface area contributed by atoms with Gasteiger partial charge in [0.1, 0.15) is 6.54 Å². The number of nitrogens with zero attached hydrogens (tertiary/aromatic N) is 1. The summed E-state index contributed by atoms with van der Waals surface area (Å²) >= 11 is 0. The second-order valence-corrected chi connectivity index (χ2v) is 4.19. The molecule has 6 heteroatoms. The number of nitriles is 1. The smallest absolute Gasteiger partial charge is 0.258 e. The third-order valence-electron chi connectivity index (χ3n) is 2.69. The molecule has 0 saturated carbocycles. The van der Waals surface area contributed by atoms with Crippen molar-refractivity contribution in [2.45, 2.75) is 19.9 Å². The van der Waals surface area contributed by atoms with Gasteiger partial charge in [-0.25, -0.2) is 4.39 Å². The van der Waals surface area contributed by atoms with Gasteiger partial charge < -0.3 is 15.4 Å². The molecule has 0 radical (unpaired) electrons.